The van der Waals surface area contributed by atoms with Gasteiger partial charge in [-0.3, -0.25) is 4.79 Å². The number of nitrogens with zero attached hydrogens (tertiary/aromatic N) is 1. The monoisotopic (exact) mass is 505 g/mol. The average molecular weight is 506 g/mol. The second kappa shape index (κ2) is 17.9. The number of thiol groups is 1. The van der Waals surface area contributed by atoms with Gasteiger partial charge in [-0.2, -0.15) is 0 Å². The molecule has 1 fully saturated rings. The van der Waals surface area contributed by atoms with Crippen LogP contribution in [-0.2, 0) is 9.53 Å². The predicted octanol–water partition coefficient (Wildman–Crippen LogP) is 6.43. The molecule has 6 nitrogen and oxygen atoms in total. The molecule has 7 heteroatoms. The average Bonchev–Trinajstić information content (AvgIpc) is 2.74. The van der Waals surface area contributed by atoms with Gasteiger partial charge in [-0.25, -0.2) is 4.79 Å². The number of carbonyl (C=O) groups is 2. The second-order valence-corrected chi connectivity index (χ2v) is 10.7. The van der Waals surface area contributed by atoms with Gasteiger partial charge in [0, 0.05) is 36.1 Å². The van der Waals surface area contributed by atoms with Gasteiger partial charge in [0.15, 0.2) is 0 Å². The molecule has 1 aliphatic rings. The number of nitrogens with one attached hydrogen (secondary N) is 1. The van der Waals surface area contributed by atoms with Gasteiger partial charge in [0.25, 0.3) is 0 Å². The van der Waals surface area contributed by atoms with E-state index in [0.717, 1.165) is 67.3 Å². The number of amides is 2. The number of nitrogens with two attached hydrogens (primary N) is 1. The molecule has 0 aliphatic carbocycles. The first-order valence-electron chi connectivity index (χ1n) is 12.4. The van der Waals surface area contributed by atoms with Gasteiger partial charge < -0.3 is 20.7 Å². The van der Waals surface area contributed by atoms with Gasteiger partial charge in [0.1, 0.15) is 5.60 Å². The Bertz CT molecular complexity index is 785. The van der Waals surface area contributed by atoms with Crippen molar-refractivity contribution in [3.63, 3.8) is 0 Å². The summed E-state index contributed by atoms with van der Waals surface area (Å²) < 4.78 is 5.57. The Kier molecular flexibility index (Phi) is 16.7. The maximum absolute atomic E-state index is 12.5. The highest BCUT2D eigenvalue weighted by Gasteiger charge is 2.30. The summed E-state index contributed by atoms with van der Waals surface area (Å²) in [6.45, 7) is 17.9. The molecule has 0 saturated carbocycles. The van der Waals surface area contributed by atoms with E-state index in [9.17, 15) is 4.79 Å². The Hall–Kier alpha value is -2.41. The Morgan fingerprint density at radius 3 is 2.46 bits per heavy atom. The minimum Gasteiger partial charge on any atom is -0.444 e. The van der Waals surface area contributed by atoms with Crippen LogP contribution in [0.5, 0.6) is 0 Å². The molecule has 35 heavy (non-hydrogen) atoms. The van der Waals surface area contributed by atoms with Crippen LogP contribution >= 0.6 is 12.6 Å². The van der Waals surface area contributed by atoms with Crippen LogP contribution in [0.2, 0.25) is 0 Å². The molecule has 0 bridgehead atoms. The van der Waals surface area contributed by atoms with Crippen molar-refractivity contribution in [2.75, 3.05) is 13.1 Å². The standard InChI is InChI=1S/C23H34N2O2S.C4H10.CH3NO/c1-18(10-9-12-19-11-5-6-14-21(19)28)24-16-15-20-13-7-8-17-25(20)22(26)27-23(2,3)4;1-4(2)3;2-1-3/h5-6,9,11-12,14,20,24,28H,1,7-8,10,13,15-17H2,2-4H3;4H,1-3H3;1H,(H2,2,3)/b12-9+;;. The summed E-state index contributed by atoms with van der Waals surface area (Å²) in [4.78, 5) is 23.9. The lowest BCUT2D eigenvalue weighted by Crippen LogP contribution is -2.47. The number of likely N-dealkylation sites (tertiary alicyclic amines) is 1. The Labute approximate surface area is 218 Å². The quantitative estimate of drug-likeness (QED) is 0.295. The first-order chi connectivity index (χ1) is 16.4. The van der Waals surface area contributed by atoms with Gasteiger partial charge in [0.05, 0.1) is 0 Å². The molecule has 1 aliphatic heterocycles. The first kappa shape index (κ1) is 32.6. The Balaban J connectivity index is 0.00000146. The lowest BCUT2D eigenvalue weighted by molar-refractivity contribution is -0.106. The number of hydrogen-bond donors (Lipinski definition) is 3. The summed E-state index contributed by atoms with van der Waals surface area (Å²) in [6, 6.07) is 8.24. The highest BCUT2D eigenvalue weighted by atomic mass is 32.1. The molecule has 2 amide bonds. The molecule has 1 aromatic carbocycles. The van der Waals surface area contributed by atoms with E-state index < -0.39 is 5.60 Å². The van der Waals surface area contributed by atoms with Crippen LogP contribution in [0.1, 0.15) is 79.2 Å². The van der Waals surface area contributed by atoms with Crippen molar-refractivity contribution in [2.24, 2.45) is 11.7 Å². The zero-order valence-corrected chi connectivity index (χ0v) is 23.4. The van der Waals surface area contributed by atoms with E-state index in [4.69, 9.17) is 9.53 Å². The predicted molar refractivity (Wildman–Crippen MR) is 150 cm³/mol. The number of carbonyl (C=O) groups excluding carboxylic acids is 2. The third-order valence-corrected chi connectivity index (χ3v) is 5.11. The fourth-order valence-electron chi connectivity index (χ4n) is 3.31. The van der Waals surface area contributed by atoms with Gasteiger partial charge in [-0.15, -0.1) is 12.6 Å². The molecule has 1 unspecified atom stereocenters. The normalized spacial score (nSPS) is 15.4. The van der Waals surface area contributed by atoms with Crippen LogP contribution in [0, 0.1) is 5.92 Å². The molecular weight excluding hydrogens is 458 g/mol. The van der Waals surface area contributed by atoms with Gasteiger partial charge in [-0.05, 0) is 64.0 Å². The molecule has 0 radical (unpaired) electrons. The van der Waals surface area contributed by atoms with Crippen LogP contribution in [0.25, 0.3) is 6.08 Å². The van der Waals surface area contributed by atoms with Crippen molar-refractivity contribution >= 4 is 31.2 Å². The van der Waals surface area contributed by atoms with E-state index in [1.807, 2.05) is 49.9 Å². The zero-order chi connectivity index (χ0) is 26.9. The topological polar surface area (TPSA) is 84.7 Å². The number of ether oxygens (including phenoxy) is 1. The Morgan fingerprint density at radius 2 is 1.89 bits per heavy atom. The maximum atomic E-state index is 12.5. The second-order valence-electron chi connectivity index (χ2n) is 10.2. The number of benzene rings is 1. The molecule has 1 atom stereocenters. The SMILES string of the molecule is C=C(C/C=C/c1ccccc1S)NCCC1CCCCN1C(=O)OC(C)(C)C.CC(C)C.NC=O. The number of hydrogen-bond acceptors (Lipinski definition) is 5. The van der Waals surface area contributed by atoms with Crippen molar-refractivity contribution in [3.05, 3.63) is 48.2 Å². The highest BCUT2D eigenvalue weighted by Crippen LogP contribution is 2.22. The smallest absolute Gasteiger partial charge is 0.410 e. The molecule has 1 heterocycles. The van der Waals surface area contributed by atoms with Gasteiger partial charge in [0.2, 0.25) is 6.41 Å². The number of piperidine rings is 1. The minimum atomic E-state index is -0.455. The molecule has 3 N–H and O–H groups in total. The van der Waals surface area contributed by atoms with Crippen molar-refractivity contribution in [2.45, 2.75) is 90.2 Å². The lowest BCUT2D eigenvalue weighted by atomic mass is 10.00. The number of rotatable bonds is 7. The van der Waals surface area contributed by atoms with E-state index >= 15 is 0 Å². The van der Waals surface area contributed by atoms with Crippen LogP contribution < -0.4 is 11.1 Å². The Morgan fingerprint density at radius 1 is 1.29 bits per heavy atom. The lowest BCUT2D eigenvalue weighted by Gasteiger charge is -2.37. The minimum absolute atomic E-state index is 0.190. The fourth-order valence-corrected chi connectivity index (χ4v) is 3.54. The van der Waals surface area contributed by atoms with E-state index in [2.05, 4.69) is 63.2 Å². The fraction of sp³-hybridized carbons (Fsp3) is 0.571. The van der Waals surface area contributed by atoms with E-state index in [1.54, 1.807) is 0 Å². The zero-order valence-electron chi connectivity index (χ0n) is 22.5. The van der Waals surface area contributed by atoms with E-state index in [1.165, 1.54) is 0 Å². The summed E-state index contributed by atoms with van der Waals surface area (Å²) in [6.07, 6.45) is 9.14. The van der Waals surface area contributed by atoms with Crippen LogP contribution in [0.3, 0.4) is 0 Å². The third kappa shape index (κ3) is 16.8. The number of primary amides is 1. The summed E-state index contributed by atoms with van der Waals surface area (Å²) in [5.41, 5.74) is 5.80. The molecule has 0 aromatic heterocycles. The van der Waals surface area contributed by atoms with Crippen molar-refractivity contribution < 1.29 is 14.3 Å². The summed E-state index contributed by atoms with van der Waals surface area (Å²) in [5, 5.41) is 3.39. The molecule has 0 spiro atoms. The summed E-state index contributed by atoms with van der Waals surface area (Å²) >= 11 is 4.46. The molecule has 198 valence electrons. The van der Waals surface area contributed by atoms with Crippen LogP contribution in [0.15, 0.2) is 47.5 Å². The van der Waals surface area contributed by atoms with Gasteiger partial charge in [-0.1, -0.05) is 57.7 Å². The van der Waals surface area contributed by atoms with Crippen molar-refractivity contribution in [1.82, 2.24) is 10.2 Å². The number of allylic oxidation sites excluding steroid dienone is 1. The highest BCUT2D eigenvalue weighted by molar-refractivity contribution is 7.80. The molecular formula is C28H47N3O3S. The largest absolute Gasteiger partial charge is 0.444 e. The maximum Gasteiger partial charge on any atom is 0.410 e. The van der Waals surface area contributed by atoms with E-state index in [-0.39, 0.29) is 18.5 Å². The summed E-state index contributed by atoms with van der Waals surface area (Å²) in [5.74, 6) is 0.833. The molecule has 1 aromatic rings. The van der Waals surface area contributed by atoms with Crippen LogP contribution in [-0.4, -0.2) is 42.1 Å². The molecule has 1 saturated heterocycles. The van der Waals surface area contributed by atoms with Gasteiger partial charge >= 0.3 is 6.09 Å². The first-order valence-corrected chi connectivity index (χ1v) is 12.9. The summed E-state index contributed by atoms with van der Waals surface area (Å²) in [7, 11) is 0. The molecule has 2 rings (SSSR count). The van der Waals surface area contributed by atoms with Crippen molar-refractivity contribution in [3.8, 4) is 0 Å². The van der Waals surface area contributed by atoms with Crippen LogP contribution in [0.4, 0.5) is 4.79 Å². The van der Waals surface area contributed by atoms with Crippen molar-refractivity contribution in [1.29, 1.82) is 0 Å². The third-order valence-electron chi connectivity index (χ3n) is 4.71. The van der Waals surface area contributed by atoms with E-state index in [0.29, 0.717) is 0 Å².